The number of hydrogen-bond acceptors (Lipinski definition) is 4. The zero-order valence-electron chi connectivity index (χ0n) is 15.5. The normalized spacial score (nSPS) is 13.8. The lowest BCUT2D eigenvalue weighted by atomic mass is 10.0. The molecule has 0 saturated carbocycles. The van der Waals surface area contributed by atoms with Gasteiger partial charge in [0.15, 0.2) is 0 Å². The molecule has 0 spiro atoms. The summed E-state index contributed by atoms with van der Waals surface area (Å²) in [6.45, 7) is 1.42. The van der Waals surface area contributed by atoms with E-state index in [2.05, 4.69) is 10.6 Å². The van der Waals surface area contributed by atoms with Crippen LogP contribution in [-0.2, 0) is 26.0 Å². The third kappa shape index (κ3) is 4.19. The molecule has 0 unspecified atom stereocenters. The van der Waals surface area contributed by atoms with Crippen molar-refractivity contribution in [2.45, 2.75) is 24.7 Å². The van der Waals surface area contributed by atoms with Gasteiger partial charge in [0.2, 0.25) is 21.8 Å². The Hall–Kier alpha value is -2.42. The number of rotatable bonds is 5. The quantitative estimate of drug-likeness (QED) is 0.775. The van der Waals surface area contributed by atoms with Crippen LogP contribution in [0.5, 0.6) is 0 Å². The summed E-state index contributed by atoms with van der Waals surface area (Å²) in [5.74, 6) is -0.560. The zero-order valence-corrected chi connectivity index (χ0v) is 17.0. The van der Waals surface area contributed by atoms with E-state index in [1.807, 2.05) is 0 Å². The second-order valence-corrected chi connectivity index (χ2v) is 9.04. The van der Waals surface area contributed by atoms with Crippen molar-refractivity contribution in [3.05, 3.63) is 52.5 Å². The molecule has 2 aromatic carbocycles. The fourth-order valence-corrected chi connectivity index (χ4v) is 4.27. The molecule has 1 aliphatic rings. The number of benzene rings is 2. The smallest absolute Gasteiger partial charge is 0.243 e. The van der Waals surface area contributed by atoms with Gasteiger partial charge in [0, 0.05) is 29.9 Å². The fraction of sp³-hybridized carbons (Fsp3) is 0.263. The Labute approximate surface area is 168 Å². The number of aryl methyl sites for hydroxylation is 1. The van der Waals surface area contributed by atoms with E-state index in [-0.39, 0.29) is 17.3 Å². The van der Waals surface area contributed by atoms with Gasteiger partial charge in [-0.05, 0) is 54.8 Å². The number of sulfonamides is 1. The number of likely N-dealkylation sites (N-methyl/N-ethyl adjacent to an activating group) is 1. The van der Waals surface area contributed by atoms with Crippen molar-refractivity contribution in [3.8, 4) is 0 Å². The van der Waals surface area contributed by atoms with Crippen LogP contribution in [0.4, 0.5) is 11.4 Å². The molecule has 0 radical (unpaired) electrons. The Morgan fingerprint density at radius 2 is 2.00 bits per heavy atom. The minimum Gasteiger partial charge on any atom is -0.326 e. The Balaban J connectivity index is 1.74. The summed E-state index contributed by atoms with van der Waals surface area (Å²) in [7, 11) is -2.51. The third-order valence-electron chi connectivity index (χ3n) is 4.59. The first-order chi connectivity index (χ1) is 13.2. The number of carbonyl (C=O) groups excluding carboxylic acids is 2. The van der Waals surface area contributed by atoms with Crippen LogP contribution < -0.4 is 10.6 Å². The van der Waals surface area contributed by atoms with E-state index in [0.29, 0.717) is 34.8 Å². The first-order valence-corrected chi connectivity index (χ1v) is 10.4. The molecule has 9 heteroatoms. The molecular weight excluding hydrogens is 402 g/mol. The SMILES string of the molecule is Cc1c(Cl)cccc1NC(=O)CN(C)S(=O)(=O)c1ccc2c(c1)CCC(=O)N2. The number of halogens is 1. The second-order valence-electron chi connectivity index (χ2n) is 6.59. The van der Waals surface area contributed by atoms with Crippen LogP contribution in [0, 0.1) is 6.92 Å². The van der Waals surface area contributed by atoms with E-state index in [1.54, 1.807) is 37.3 Å². The summed E-state index contributed by atoms with van der Waals surface area (Å²) < 4.78 is 26.6. The van der Waals surface area contributed by atoms with Gasteiger partial charge in [0.1, 0.15) is 0 Å². The first kappa shape index (κ1) is 20.3. The van der Waals surface area contributed by atoms with E-state index >= 15 is 0 Å². The molecular formula is C19H20ClN3O4S. The highest BCUT2D eigenvalue weighted by Crippen LogP contribution is 2.27. The van der Waals surface area contributed by atoms with Gasteiger partial charge >= 0.3 is 0 Å². The average Bonchev–Trinajstić information content (AvgIpc) is 2.64. The lowest BCUT2D eigenvalue weighted by molar-refractivity contribution is -0.117. The van der Waals surface area contributed by atoms with Crippen molar-refractivity contribution in [2.24, 2.45) is 0 Å². The maximum absolute atomic E-state index is 12.8. The summed E-state index contributed by atoms with van der Waals surface area (Å²) in [5.41, 5.74) is 2.62. The van der Waals surface area contributed by atoms with Crippen LogP contribution in [0.2, 0.25) is 5.02 Å². The van der Waals surface area contributed by atoms with Gasteiger partial charge in [-0.3, -0.25) is 9.59 Å². The summed E-state index contributed by atoms with van der Waals surface area (Å²) in [5, 5.41) is 5.91. The standard InChI is InChI=1S/C19H20ClN3O4S/c1-12-15(20)4-3-5-16(12)21-19(25)11-23(2)28(26,27)14-7-8-17-13(10-14)6-9-18(24)22-17/h3-5,7-8,10H,6,9,11H2,1-2H3,(H,21,25)(H,22,24). The van der Waals surface area contributed by atoms with Crippen molar-refractivity contribution in [2.75, 3.05) is 24.2 Å². The molecule has 1 aliphatic heterocycles. The lowest BCUT2D eigenvalue weighted by Crippen LogP contribution is -2.35. The highest BCUT2D eigenvalue weighted by atomic mass is 35.5. The number of amides is 2. The number of anilines is 2. The van der Waals surface area contributed by atoms with Gasteiger partial charge in [0.05, 0.1) is 11.4 Å². The third-order valence-corrected chi connectivity index (χ3v) is 6.80. The number of carbonyl (C=O) groups is 2. The Morgan fingerprint density at radius 1 is 1.25 bits per heavy atom. The summed E-state index contributed by atoms with van der Waals surface area (Å²) in [6, 6.07) is 9.65. The fourth-order valence-electron chi connectivity index (χ4n) is 2.92. The van der Waals surface area contributed by atoms with Crippen molar-refractivity contribution in [1.82, 2.24) is 4.31 Å². The highest BCUT2D eigenvalue weighted by Gasteiger charge is 2.25. The number of nitrogens with zero attached hydrogens (tertiary/aromatic N) is 1. The predicted octanol–water partition coefficient (Wildman–Crippen LogP) is 2.79. The molecule has 0 aromatic heterocycles. The van der Waals surface area contributed by atoms with Gasteiger partial charge in [-0.25, -0.2) is 8.42 Å². The number of hydrogen-bond donors (Lipinski definition) is 2. The topological polar surface area (TPSA) is 95.6 Å². The minimum atomic E-state index is -3.86. The number of fused-ring (bicyclic) bond motifs is 1. The molecule has 2 aromatic rings. The monoisotopic (exact) mass is 421 g/mol. The van der Waals surface area contributed by atoms with Crippen molar-refractivity contribution >= 4 is 44.8 Å². The molecule has 28 heavy (non-hydrogen) atoms. The first-order valence-electron chi connectivity index (χ1n) is 8.62. The molecule has 1 heterocycles. The summed E-state index contributed by atoms with van der Waals surface area (Å²) >= 11 is 6.04. The molecule has 0 bridgehead atoms. The van der Waals surface area contributed by atoms with Gasteiger partial charge in [-0.15, -0.1) is 0 Å². The maximum Gasteiger partial charge on any atom is 0.243 e. The lowest BCUT2D eigenvalue weighted by Gasteiger charge is -2.20. The largest absolute Gasteiger partial charge is 0.326 e. The van der Waals surface area contributed by atoms with Crippen LogP contribution >= 0.6 is 11.6 Å². The molecule has 3 rings (SSSR count). The van der Waals surface area contributed by atoms with Crippen LogP contribution in [-0.4, -0.2) is 38.1 Å². The van der Waals surface area contributed by atoms with E-state index in [9.17, 15) is 18.0 Å². The molecule has 0 atom stereocenters. The van der Waals surface area contributed by atoms with Crippen LogP contribution in [0.1, 0.15) is 17.5 Å². The molecule has 2 amide bonds. The molecule has 0 saturated heterocycles. The highest BCUT2D eigenvalue weighted by molar-refractivity contribution is 7.89. The van der Waals surface area contributed by atoms with Crippen LogP contribution in [0.15, 0.2) is 41.3 Å². The van der Waals surface area contributed by atoms with E-state index < -0.39 is 15.9 Å². The molecule has 0 aliphatic carbocycles. The Kier molecular flexibility index (Phi) is 5.74. The van der Waals surface area contributed by atoms with E-state index in [0.717, 1.165) is 9.87 Å². The average molecular weight is 422 g/mol. The Morgan fingerprint density at radius 3 is 2.75 bits per heavy atom. The van der Waals surface area contributed by atoms with Crippen molar-refractivity contribution in [3.63, 3.8) is 0 Å². The van der Waals surface area contributed by atoms with Crippen molar-refractivity contribution in [1.29, 1.82) is 0 Å². The predicted molar refractivity (Wildman–Crippen MR) is 108 cm³/mol. The van der Waals surface area contributed by atoms with E-state index in [4.69, 9.17) is 11.6 Å². The molecule has 148 valence electrons. The molecule has 7 nitrogen and oxygen atoms in total. The minimum absolute atomic E-state index is 0.0802. The van der Waals surface area contributed by atoms with Crippen molar-refractivity contribution < 1.29 is 18.0 Å². The summed E-state index contributed by atoms with van der Waals surface area (Å²) in [6.07, 6.45) is 0.788. The second kappa shape index (κ2) is 7.90. The molecule has 0 fully saturated rings. The zero-order chi connectivity index (χ0) is 20.5. The molecule has 2 N–H and O–H groups in total. The van der Waals surface area contributed by atoms with Crippen LogP contribution in [0.25, 0.3) is 0 Å². The van der Waals surface area contributed by atoms with Gasteiger partial charge in [0.25, 0.3) is 0 Å². The maximum atomic E-state index is 12.8. The number of nitrogens with one attached hydrogen (secondary N) is 2. The van der Waals surface area contributed by atoms with Gasteiger partial charge < -0.3 is 10.6 Å². The van der Waals surface area contributed by atoms with Gasteiger partial charge in [-0.2, -0.15) is 4.31 Å². The summed E-state index contributed by atoms with van der Waals surface area (Å²) in [4.78, 5) is 23.8. The van der Waals surface area contributed by atoms with Gasteiger partial charge in [-0.1, -0.05) is 17.7 Å². The Bertz CT molecular complexity index is 1050. The van der Waals surface area contributed by atoms with E-state index in [1.165, 1.54) is 13.1 Å². The van der Waals surface area contributed by atoms with Crippen LogP contribution in [0.3, 0.4) is 0 Å².